The van der Waals surface area contributed by atoms with E-state index in [2.05, 4.69) is 142 Å². The van der Waals surface area contributed by atoms with Gasteiger partial charge >= 0.3 is 17.9 Å². The van der Waals surface area contributed by atoms with Crippen LogP contribution in [0.4, 0.5) is 0 Å². The van der Waals surface area contributed by atoms with Crippen molar-refractivity contribution in [2.75, 3.05) is 13.2 Å². The molecule has 65 heavy (non-hydrogen) atoms. The lowest BCUT2D eigenvalue weighted by Crippen LogP contribution is -2.30. The van der Waals surface area contributed by atoms with Crippen molar-refractivity contribution >= 4 is 17.9 Å². The Labute approximate surface area is 399 Å². The molecule has 0 N–H and O–H groups in total. The lowest BCUT2D eigenvalue weighted by Gasteiger charge is -2.18. The van der Waals surface area contributed by atoms with Crippen molar-refractivity contribution in [2.24, 2.45) is 0 Å². The molecule has 0 fully saturated rings. The molecule has 0 aromatic carbocycles. The van der Waals surface area contributed by atoms with E-state index in [1.807, 2.05) is 0 Å². The summed E-state index contributed by atoms with van der Waals surface area (Å²) in [7, 11) is 0. The van der Waals surface area contributed by atoms with Gasteiger partial charge < -0.3 is 14.2 Å². The van der Waals surface area contributed by atoms with Gasteiger partial charge in [0.2, 0.25) is 0 Å². The second-order valence-electron chi connectivity index (χ2n) is 16.7. The third-order valence-electron chi connectivity index (χ3n) is 10.4. The van der Waals surface area contributed by atoms with Crippen LogP contribution in [0, 0.1) is 0 Å². The third-order valence-corrected chi connectivity index (χ3v) is 10.4. The summed E-state index contributed by atoms with van der Waals surface area (Å²) in [5, 5.41) is 0. The standard InChI is InChI=1S/C59H94O6/c1-4-7-10-13-16-19-22-25-27-29-31-34-37-40-43-46-49-52-58(61)64-55-56(54-63-57(60)51-48-45-42-39-36-33-24-21-18-15-12-9-6-3)65-59(62)53-50-47-44-41-38-35-32-30-28-26-23-20-17-14-11-8-5-2/h8,11,16-17,19-21,24-28,31-32,34-35,40-41,43-44,56H,4-7,9-10,12-15,18,22-23,29-30,33,36-39,42,45-55H2,1-3H3/b11-8-,19-16-,20-17-,24-21-,27-25-,28-26-,34-31-,35-32-,43-40-,44-41-/t56-/m0/s1. The summed E-state index contributed by atoms with van der Waals surface area (Å²) >= 11 is 0. The Morgan fingerprint density at radius 2 is 0.615 bits per heavy atom. The van der Waals surface area contributed by atoms with Crippen LogP contribution in [0.25, 0.3) is 0 Å². The Morgan fingerprint density at radius 1 is 0.323 bits per heavy atom. The second-order valence-corrected chi connectivity index (χ2v) is 16.7. The summed E-state index contributed by atoms with van der Waals surface area (Å²) < 4.78 is 16.7. The zero-order chi connectivity index (χ0) is 47.2. The third kappa shape index (κ3) is 50.7. The number of esters is 3. The van der Waals surface area contributed by atoms with E-state index in [4.69, 9.17) is 14.2 Å². The number of hydrogen-bond donors (Lipinski definition) is 0. The van der Waals surface area contributed by atoms with Crippen LogP contribution in [0.1, 0.15) is 213 Å². The maximum absolute atomic E-state index is 12.8. The average Bonchev–Trinajstić information content (AvgIpc) is 3.30. The Morgan fingerprint density at radius 3 is 1.05 bits per heavy atom. The van der Waals surface area contributed by atoms with Crippen LogP contribution >= 0.6 is 0 Å². The van der Waals surface area contributed by atoms with E-state index in [1.165, 1.54) is 64.2 Å². The summed E-state index contributed by atoms with van der Waals surface area (Å²) in [6.45, 7) is 6.36. The highest BCUT2D eigenvalue weighted by Crippen LogP contribution is 2.11. The zero-order valence-corrected chi connectivity index (χ0v) is 41.7. The highest BCUT2D eigenvalue weighted by Gasteiger charge is 2.19. The van der Waals surface area contributed by atoms with E-state index in [1.54, 1.807) is 0 Å². The quantitative estimate of drug-likeness (QED) is 0.0262. The molecule has 1 atom stereocenters. The molecule has 0 bridgehead atoms. The lowest BCUT2D eigenvalue weighted by atomic mass is 10.1. The van der Waals surface area contributed by atoms with Crippen molar-refractivity contribution < 1.29 is 28.6 Å². The minimum Gasteiger partial charge on any atom is -0.462 e. The molecule has 0 radical (unpaired) electrons. The van der Waals surface area contributed by atoms with Gasteiger partial charge in [-0.1, -0.05) is 194 Å². The molecule has 0 amide bonds. The Bertz CT molecular complexity index is 1400. The molecule has 0 saturated carbocycles. The van der Waals surface area contributed by atoms with Crippen molar-refractivity contribution in [2.45, 2.75) is 219 Å². The number of allylic oxidation sites excluding steroid dienone is 20. The maximum atomic E-state index is 12.8. The molecule has 366 valence electrons. The monoisotopic (exact) mass is 899 g/mol. The first-order chi connectivity index (χ1) is 32.0. The minimum absolute atomic E-state index is 0.125. The normalized spacial score (nSPS) is 13.1. The summed E-state index contributed by atoms with van der Waals surface area (Å²) in [6.07, 6.45) is 71.9. The largest absolute Gasteiger partial charge is 0.462 e. The van der Waals surface area contributed by atoms with Gasteiger partial charge in [-0.2, -0.15) is 0 Å². The second kappa shape index (κ2) is 52.4. The molecular weight excluding hydrogens is 805 g/mol. The molecule has 6 nitrogen and oxygen atoms in total. The predicted octanol–water partition coefficient (Wildman–Crippen LogP) is 17.3. The van der Waals surface area contributed by atoms with Crippen molar-refractivity contribution in [1.29, 1.82) is 0 Å². The summed E-state index contributed by atoms with van der Waals surface area (Å²) in [4.78, 5) is 38.0. The van der Waals surface area contributed by atoms with Gasteiger partial charge in [0, 0.05) is 19.3 Å². The van der Waals surface area contributed by atoms with Crippen molar-refractivity contribution in [3.63, 3.8) is 0 Å². The van der Waals surface area contributed by atoms with Crippen LogP contribution in [0.3, 0.4) is 0 Å². The highest BCUT2D eigenvalue weighted by atomic mass is 16.6. The Balaban J connectivity index is 4.60. The van der Waals surface area contributed by atoms with Gasteiger partial charge in [-0.3, -0.25) is 14.4 Å². The zero-order valence-electron chi connectivity index (χ0n) is 41.7. The Hall–Kier alpha value is -4.19. The SMILES string of the molecule is CC/C=C\C/C=C\C/C=C\C/C=C\C/C=C\CCCC(=O)O[C@H](COC(=O)CCC/C=C\C/C=C\C/C=C\C/C=C\CCCCC)COC(=O)CCCCCCC/C=C\CCCCCC. The van der Waals surface area contributed by atoms with E-state index < -0.39 is 6.10 Å². The van der Waals surface area contributed by atoms with Crippen LogP contribution in [0.15, 0.2) is 122 Å². The molecule has 0 aliphatic rings. The van der Waals surface area contributed by atoms with Crippen molar-refractivity contribution in [3.8, 4) is 0 Å². The lowest BCUT2D eigenvalue weighted by molar-refractivity contribution is -0.167. The van der Waals surface area contributed by atoms with Gasteiger partial charge in [-0.25, -0.2) is 0 Å². The number of unbranched alkanes of at least 4 members (excludes halogenated alkanes) is 14. The van der Waals surface area contributed by atoms with Crippen LogP contribution in [-0.4, -0.2) is 37.2 Å². The minimum atomic E-state index is -0.836. The molecule has 0 aromatic rings. The van der Waals surface area contributed by atoms with Crippen LogP contribution < -0.4 is 0 Å². The number of rotatable bonds is 45. The summed E-state index contributed by atoms with van der Waals surface area (Å²) in [5.41, 5.74) is 0. The first kappa shape index (κ1) is 60.8. The van der Waals surface area contributed by atoms with Gasteiger partial charge in [0.1, 0.15) is 13.2 Å². The first-order valence-electron chi connectivity index (χ1n) is 26.0. The summed E-state index contributed by atoms with van der Waals surface area (Å²) in [5.74, 6) is -1.06. The van der Waals surface area contributed by atoms with Crippen molar-refractivity contribution in [3.05, 3.63) is 122 Å². The maximum Gasteiger partial charge on any atom is 0.306 e. The Kier molecular flexibility index (Phi) is 49.1. The van der Waals surface area contributed by atoms with Gasteiger partial charge in [0.15, 0.2) is 6.10 Å². The number of carbonyl (C=O) groups is 3. The highest BCUT2D eigenvalue weighted by molar-refractivity contribution is 5.71. The molecule has 0 aliphatic heterocycles. The fourth-order valence-corrected chi connectivity index (χ4v) is 6.52. The average molecular weight is 899 g/mol. The molecule has 0 aromatic heterocycles. The molecule has 0 aliphatic carbocycles. The fraction of sp³-hybridized carbons (Fsp3) is 0.610. The molecular formula is C59H94O6. The molecule has 0 rings (SSSR count). The number of hydrogen-bond acceptors (Lipinski definition) is 6. The topological polar surface area (TPSA) is 78.9 Å². The van der Waals surface area contributed by atoms with Crippen LogP contribution in [0.2, 0.25) is 0 Å². The van der Waals surface area contributed by atoms with Crippen LogP contribution in [0.5, 0.6) is 0 Å². The van der Waals surface area contributed by atoms with E-state index >= 15 is 0 Å². The molecule has 6 heteroatoms. The van der Waals surface area contributed by atoms with Gasteiger partial charge in [0.25, 0.3) is 0 Å². The molecule has 0 heterocycles. The van der Waals surface area contributed by atoms with Gasteiger partial charge in [0.05, 0.1) is 0 Å². The van der Waals surface area contributed by atoms with E-state index in [-0.39, 0.29) is 44.0 Å². The molecule has 0 unspecified atom stereocenters. The molecule has 0 saturated heterocycles. The van der Waals surface area contributed by atoms with Crippen LogP contribution in [-0.2, 0) is 28.6 Å². The summed E-state index contributed by atoms with van der Waals surface area (Å²) in [6, 6.07) is 0. The first-order valence-corrected chi connectivity index (χ1v) is 26.0. The number of ether oxygens (including phenoxy) is 3. The van der Waals surface area contributed by atoms with E-state index in [9.17, 15) is 14.4 Å². The van der Waals surface area contributed by atoms with Crippen molar-refractivity contribution in [1.82, 2.24) is 0 Å². The predicted molar refractivity (Wildman–Crippen MR) is 279 cm³/mol. The smallest absolute Gasteiger partial charge is 0.306 e. The number of carbonyl (C=O) groups excluding carboxylic acids is 3. The van der Waals surface area contributed by atoms with E-state index in [0.717, 1.165) is 96.3 Å². The molecule has 0 spiro atoms. The van der Waals surface area contributed by atoms with Gasteiger partial charge in [-0.05, 0) is 122 Å². The van der Waals surface area contributed by atoms with E-state index in [0.29, 0.717) is 19.3 Å². The fourth-order valence-electron chi connectivity index (χ4n) is 6.52. The van der Waals surface area contributed by atoms with Gasteiger partial charge in [-0.15, -0.1) is 0 Å².